The molecule has 0 fully saturated rings. The van der Waals surface area contributed by atoms with E-state index >= 15 is 0 Å². The fourth-order valence-electron chi connectivity index (χ4n) is 1.80. The normalized spacial score (nSPS) is 10.4. The van der Waals surface area contributed by atoms with E-state index < -0.39 is 0 Å². The Morgan fingerprint density at radius 2 is 1.74 bits per heavy atom. The molecule has 1 aromatic carbocycles. The molecule has 0 radical (unpaired) electrons. The minimum absolute atomic E-state index is 0.573. The van der Waals surface area contributed by atoms with Crippen LogP contribution in [0.5, 0.6) is 0 Å². The summed E-state index contributed by atoms with van der Waals surface area (Å²) < 4.78 is 1.93. The first-order valence-corrected chi connectivity index (χ1v) is 5.95. The van der Waals surface area contributed by atoms with Crippen LogP contribution in [0, 0.1) is 0 Å². The van der Waals surface area contributed by atoms with Gasteiger partial charge in [0.2, 0.25) is 5.95 Å². The van der Waals surface area contributed by atoms with E-state index in [9.17, 15) is 0 Å². The van der Waals surface area contributed by atoms with E-state index in [4.69, 9.17) is 0 Å². The van der Waals surface area contributed by atoms with Crippen molar-refractivity contribution in [2.24, 2.45) is 7.05 Å². The lowest BCUT2D eigenvalue weighted by molar-refractivity contribution is 0.921. The van der Waals surface area contributed by atoms with Crippen molar-refractivity contribution in [2.45, 2.75) is 0 Å². The maximum absolute atomic E-state index is 4.30. The van der Waals surface area contributed by atoms with Crippen LogP contribution in [0.3, 0.4) is 0 Å². The van der Waals surface area contributed by atoms with E-state index in [0.29, 0.717) is 5.95 Å². The molecule has 0 amide bonds. The largest absolute Gasteiger partial charge is 0.334 e. The van der Waals surface area contributed by atoms with Gasteiger partial charge in [-0.05, 0) is 12.1 Å². The SMILES string of the molecule is Cn1ccnc1-c1cnc(Nc2ccccc2)nc1. The number of aryl methyl sites for hydroxylation is 1. The molecule has 0 unspecified atom stereocenters. The summed E-state index contributed by atoms with van der Waals surface area (Å²) in [6, 6.07) is 9.83. The Labute approximate surface area is 111 Å². The van der Waals surface area contributed by atoms with Gasteiger partial charge in [-0.15, -0.1) is 0 Å². The van der Waals surface area contributed by atoms with Gasteiger partial charge in [0.15, 0.2) is 0 Å². The van der Waals surface area contributed by atoms with Crippen molar-refractivity contribution < 1.29 is 0 Å². The van der Waals surface area contributed by atoms with Gasteiger partial charge in [-0.25, -0.2) is 15.0 Å². The van der Waals surface area contributed by atoms with Gasteiger partial charge in [0, 0.05) is 37.5 Å². The number of hydrogen-bond donors (Lipinski definition) is 1. The van der Waals surface area contributed by atoms with E-state index in [1.807, 2.05) is 48.1 Å². The predicted molar refractivity (Wildman–Crippen MR) is 74.0 cm³/mol. The number of rotatable bonds is 3. The van der Waals surface area contributed by atoms with E-state index in [-0.39, 0.29) is 0 Å². The van der Waals surface area contributed by atoms with Crippen LogP contribution in [0.25, 0.3) is 11.4 Å². The molecule has 0 aliphatic rings. The van der Waals surface area contributed by atoms with Gasteiger partial charge in [-0.3, -0.25) is 0 Å². The average molecular weight is 251 g/mol. The molecule has 0 atom stereocenters. The molecule has 0 saturated carbocycles. The molecule has 0 bridgehead atoms. The van der Waals surface area contributed by atoms with Gasteiger partial charge in [-0.2, -0.15) is 0 Å². The molecule has 0 aliphatic heterocycles. The topological polar surface area (TPSA) is 55.6 Å². The molecule has 2 heterocycles. The average Bonchev–Trinajstić information content (AvgIpc) is 2.87. The number of imidazole rings is 1. The van der Waals surface area contributed by atoms with E-state index in [2.05, 4.69) is 20.3 Å². The summed E-state index contributed by atoms with van der Waals surface area (Å²) in [7, 11) is 1.94. The Bertz CT molecular complexity index is 658. The summed E-state index contributed by atoms with van der Waals surface area (Å²) in [4.78, 5) is 12.9. The highest BCUT2D eigenvalue weighted by Crippen LogP contribution is 2.16. The Morgan fingerprint density at radius 1 is 1.00 bits per heavy atom. The highest BCUT2D eigenvalue weighted by atomic mass is 15.1. The third-order valence-electron chi connectivity index (χ3n) is 2.76. The van der Waals surface area contributed by atoms with Crippen LogP contribution < -0.4 is 5.32 Å². The Kier molecular flexibility index (Phi) is 2.94. The first kappa shape index (κ1) is 11.4. The maximum atomic E-state index is 4.30. The van der Waals surface area contributed by atoms with Crippen LogP contribution in [0.15, 0.2) is 55.1 Å². The zero-order valence-electron chi connectivity index (χ0n) is 10.5. The molecule has 5 nitrogen and oxygen atoms in total. The van der Waals surface area contributed by atoms with Crippen LogP contribution >= 0.6 is 0 Å². The lowest BCUT2D eigenvalue weighted by atomic mass is 10.3. The summed E-state index contributed by atoms with van der Waals surface area (Å²) in [5, 5.41) is 3.14. The van der Waals surface area contributed by atoms with E-state index in [1.165, 1.54) is 0 Å². The standard InChI is InChI=1S/C14H13N5/c1-19-8-7-15-13(19)11-9-16-14(17-10-11)18-12-5-3-2-4-6-12/h2-10H,1H3,(H,16,17,18). The van der Waals surface area contributed by atoms with Crippen molar-refractivity contribution in [3.8, 4) is 11.4 Å². The van der Waals surface area contributed by atoms with E-state index in [0.717, 1.165) is 17.1 Å². The number of aromatic nitrogens is 4. The first-order chi connectivity index (χ1) is 9.33. The number of nitrogens with zero attached hydrogens (tertiary/aromatic N) is 4. The number of anilines is 2. The smallest absolute Gasteiger partial charge is 0.227 e. The fourth-order valence-corrected chi connectivity index (χ4v) is 1.80. The number of nitrogens with one attached hydrogen (secondary N) is 1. The summed E-state index contributed by atoms with van der Waals surface area (Å²) in [5.41, 5.74) is 1.86. The van der Waals surface area contributed by atoms with Crippen molar-refractivity contribution in [1.29, 1.82) is 0 Å². The summed E-state index contributed by atoms with van der Waals surface area (Å²) in [6.07, 6.45) is 7.18. The van der Waals surface area contributed by atoms with Crippen LogP contribution in [0.4, 0.5) is 11.6 Å². The monoisotopic (exact) mass is 251 g/mol. The lowest BCUT2D eigenvalue weighted by Gasteiger charge is -2.05. The quantitative estimate of drug-likeness (QED) is 0.777. The molecule has 5 heteroatoms. The Hall–Kier alpha value is -2.69. The number of hydrogen-bond acceptors (Lipinski definition) is 4. The second-order valence-electron chi connectivity index (χ2n) is 4.15. The molecule has 2 aromatic heterocycles. The van der Waals surface area contributed by atoms with Gasteiger partial charge in [0.05, 0.1) is 5.56 Å². The molecule has 3 rings (SSSR count). The van der Waals surface area contributed by atoms with Crippen molar-refractivity contribution in [3.63, 3.8) is 0 Å². The van der Waals surface area contributed by atoms with Crippen molar-refractivity contribution in [1.82, 2.24) is 19.5 Å². The summed E-state index contributed by atoms with van der Waals surface area (Å²) >= 11 is 0. The molecular weight excluding hydrogens is 238 g/mol. The zero-order chi connectivity index (χ0) is 13.1. The molecule has 94 valence electrons. The first-order valence-electron chi connectivity index (χ1n) is 5.95. The fraction of sp³-hybridized carbons (Fsp3) is 0.0714. The second kappa shape index (κ2) is 4.89. The van der Waals surface area contributed by atoms with Gasteiger partial charge >= 0.3 is 0 Å². The molecular formula is C14H13N5. The van der Waals surface area contributed by atoms with Crippen molar-refractivity contribution >= 4 is 11.6 Å². The van der Waals surface area contributed by atoms with Crippen molar-refractivity contribution in [2.75, 3.05) is 5.32 Å². The van der Waals surface area contributed by atoms with Crippen LogP contribution in [-0.4, -0.2) is 19.5 Å². The van der Waals surface area contributed by atoms with E-state index in [1.54, 1.807) is 18.6 Å². The van der Waals surface area contributed by atoms with Crippen LogP contribution in [-0.2, 0) is 7.05 Å². The van der Waals surface area contributed by atoms with Crippen LogP contribution in [0.2, 0.25) is 0 Å². The van der Waals surface area contributed by atoms with Gasteiger partial charge < -0.3 is 9.88 Å². The second-order valence-corrected chi connectivity index (χ2v) is 4.15. The third kappa shape index (κ3) is 2.44. The Morgan fingerprint density at radius 3 is 2.37 bits per heavy atom. The molecule has 0 saturated heterocycles. The molecule has 19 heavy (non-hydrogen) atoms. The molecule has 3 aromatic rings. The maximum Gasteiger partial charge on any atom is 0.227 e. The minimum atomic E-state index is 0.573. The zero-order valence-corrected chi connectivity index (χ0v) is 10.5. The molecule has 1 N–H and O–H groups in total. The summed E-state index contributed by atoms with van der Waals surface area (Å²) in [6.45, 7) is 0. The molecule has 0 aliphatic carbocycles. The van der Waals surface area contributed by atoms with Gasteiger partial charge in [0.25, 0.3) is 0 Å². The Balaban J connectivity index is 1.82. The van der Waals surface area contributed by atoms with Gasteiger partial charge in [0.1, 0.15) is 5.82 Å². The number of para-hydroxylation sites is 1. The highest BCUT2D eigenvalue weighted by molar-refractivity contribution is 5.56. The number of benzene rings is 1. The van der Waals surface area contributed by atoms with Crippen LogP contribution in [0.1, 0.15) is 0 Å². The summed E-state index contributed by atoms with van der Waals surface area (Å²) in [5.74, 6) is 1.43. The third-order valence-corrected chi connectivity index (χ3v) is 2.76. The lowest BCUT2D eigenvalue weighted by Crippen LogP contribution is -1.98. The minimum Gasteiger partial charge on any atom is -0.334 e. The van der Waals surface area contributed by atoms with Gasteiger partial charge in [-0.1, -0.05) is 18.2 Å². The van der Waals surface area contributed by atoms with Crippen molar-refractivity contribution in [3.05, 3.63) is 55.1 Å². The highest BCUT2D eigenvalue weighted by Gasteiger charge is 2.04. The predicted octanol–water partition coefficient (Wildman–Crippen LogP) is 2.62. The molecule has 0 spiro atoms.